The topological polar surface area (TPSA) is 111 Å². The number of nitrogens with zero attached hydrogens (tertiary/aromatic N) is 3. The number of nitriles is 1. The third kappa shape index (κ3) is 3.66. The minimum atomic E-state index is -0.486. The molecule has 3 aromatic rings. The lowest BCUT2D eigenvalue weighted by molar-refractivity contribution is 0.306. The molecule has 0 fully saturated rings. The van der Waals surface area contributed by atoms with Gasteiger partial charge in [0.05, 0.1) is 10.7 Å². The molecule has 0 aliphatic rings. The summed E-state index contributed by atoms with van der Waals surface area (Å²) in [7, 11) is 0. The van der Waals surface area contributed by atoms with Gasteiger partial charge in [0.25, 0.3) is 0 Å². The van der Waals surface area contributed by atoms with Gasteiger partial charge in [0.2, 0.25) is 5.95 Å². The summed E-state index contributed by atoms with van der Waals surface area (Å²) in [6, 6.07) is 13.3. The van der Waals surface area contributed by atoms with Crippen LogP contribution in [0.25, 0.3) is 11.3 Å². The summed E-state index contributed by atoms with van der Waals surface area (Å²) in [6.45, 7) is 0.197. The van der Waals surface area contributed by atoms with Crippen molar-refractivity contribution >= 4 is 23.4 Å². The van der Waals surface area contributed by atoms with Crippen LogP contribution in [0, 0.1) is 17.1 Å². The van der Waals surface area contributed by atoms with Crippen LogP contribution in [0.5, 0.6) is 5.75 Å². The maximum atomic E-state index is 13.2. The van der Waals surface area contributed by atoms with Crippen molar-refractivity contribution in [2.24, 2.45) is 0 Å². The maximum absolute atomic E-state index is 13.2. The van der Waals surface area contributed by atoms with Crippen molar-refractivity contribution in [3.63, 3.8) is 0 Å². The highest BCUT2D eigenvalue weighted by Crippen LogP contribution is 2.28. The normalized spacial score (nSPS) is 10.3. The number of rotatable bonds is 4. The third-order valence-corrected chi connectivity index (χ3v) is 3.85. The van der Waals surface area contributed by atoms with Crippen LogP contribution >= 0.6 is 11.6 Å². The van der Waals surface area contributed by atoms with Gasteiger partial charge in [0, 0.05) is 5.56 Å². The summed E-state index contributed by atoms with van der Waals surface area (Å²) in [5.74, 6) is 0.0361. The van der Waals surface area contributed by atoms with Crippen LogP contribution in [0.2, 0.25) is 5.02 Å². The number of anilines is 2. The van der Waals surface area contributed by atoms with E-state index in [2.05, 4.69) is 9.97 Å². The smallest absolute Gasteiger partial charge is 0.222 e. The molecular weight excluding hydrogens is 357 g/mol. The van der Waals surface area contributed by atoms with Gasteiger partial charge in [-0.05, 0) is 29.8 Å². The summed E-state index contributed by atoms with van der Waals surface area (Å²) in [5, 5.41) is 9.33. The van der Waals surface area contributed by atoms with Crippen LogP contribution in [-0.4, -0.2) is 9.97 Å². The Hall–Kier alpha value is -3.37. The van der Waals surface area contributed by atoms with E-state index in [1.807, 2.05) is 6.07 Å². The lowest BCUT2D eigenvalue weighted by atomic mass is 10.1. The van der Waals surface area contributed by atoms with Crippen LogP contribution < -0.4 is 16.2 Å². The van der Waals surface area contributed by atoms with Gasteiger partial charge in [-0.2, -0.15) is 10.2 Å². The summed E-state index contributed by atoms with van der Waals surface area (Å²) in [4.78, 5) is 7.90. The number of halogens is 2. The van der Waals surface area contributed by atoms with E-state index in [-0.39, 0.29) is 29.0 Å². The molecular formula is C18H13ClFN5O. The molecule has 0 atom stereocenters. The van der Waals surface area contributed by atoms with Crippen LogP contribution in [-0.2, 0) is 6.61 Å². The first-order valence-corrected chi connectivity index (χ1v) is 7.86. The van der Waals surface area contributed by atoms with Crippen LogP contribution in [0.4, 0.5) is 16.2 Å². The highest BCUT2D eigenvalue weighted by molar-refractivity contribution is 6.30. The molecule has 1 aromatic heterocycles. The zero-order chi connectivity index (χ0) is 18.7. The van der Waals surface area contributed by atoms with E-state index in [4.69, 9.17) is 27.8 Å². The molecule has 0 radical (unpaired) electrons. The minimum Gasteiger partial charge on any atom is -0.489 e. The molecule has 3 rings (SSSR count). The van der Waals surface area contributed by atoms with E-state index < -0.39 is 5.82 Å². The van der Waals surface area contributed by atoms with E-state index in [0.29, 0.717) is 17.0 Å². The average Bonchev–Trinajstić information content (AvgIpc) is 2.62. The van der Waals surface area contributed by atoms with Crippen molar-refractivity contribution < 1.29 is 9.13 Å². The fourth-order valence-corrected chi connectivity index (χ4v) is 2.55. The number of aromatic nitrogens is 2. The Labute approximate surface area is 153 Å². The van der Waals surface area contributed by atoms with E-state index in [0.717, 1.165) is 5.56 Å². The summed E-state index contributed by atoms with van der Waals surface area (Å²) in [5.41, 5.74) is 13.2. The Bertz CT molecular complexity index is 1020. The molecule has 0 amide bonds. The highest BCUT2D eigenvalue weighted by atomic mass is 35.5. The molecule has 6 nitrogen and oxygen atoms in total. The maximum Gasteiger partial charge on any atom is 0.222 e. The van der Waals surface area contributed by atoms with Gasteiger partial charge < -0.3 is 16.2 Å². The van der Waals surface area contributed by atoms with Crippen LogP contribution in [0.15, 0.2) is 42.5 Å². The van der Waals surface area contributed by atoms with Gasteiger partial charge in [-0.25, -0.2) is 9.37 Å². The monoisotopic (exact) mass is 369 g/mol. The van der Waals surface area contributed by atoms with E-state index in [9.17, 15) is 9.65 Å². The van der Waals surface area contributed by atoms with Gasteiger partial charge in [-0.1, -0.05) is 29.8 Å². The van der Waals surface area contributed by atoms with Gasteiger partial charge in [-0.3, -0.25) is 0 Å². The van der Waals surface area contributed by atoms with Crippen molar-refractivity contribution in [3.05, 3.63) is 64.4 Å². The fourth-order valence-electron chi connectivity index (χ4n) is 2.34. The molecule has 0 spiro atoms. The summed E-state index contributed by atoms with van der Waals surface area (Å²) < 4.78 is 18.9. The SMILES string of the molecule is N#Cc1c(N)nc(N)nc1-c1cccc(OCc2ccc(F)c(Cl)c2)c1. The lowest BCUT2D eigenvalue weighted by Gasteiger charge is -2.10. The van der Waals surface area contributed by atoms with Crippen molar-refractivity contribution in [3.8, 4) is 23.1 Å². The molecule has 0 saturated carbocycles. The Morgan fingerprint density at radius 2 is 1.96 bits per heavy atom. The first kappa shape index (κ1) is 17.5. The molecule has 1 heterocycles. The Morgan fingerprint density at radius 1 is 1.15 bits per heavy atom. The Balaban J connectivity index is 1.87. The van der Waals surface area contributed by atoms with Gasteiger partial charge in [0.15, 0.2) is 0 Å². The van der Waals surface area contributed by atoms with Crippen LogP contribution in [0.1, 0.15) is 11.1 Å². The Kier molecular flexibility index (Phi) is 4.87. The molecule has 26 heavy (non-hydrogen) atoms. The number of hydrogen-bond donors (Lipinski definition) is 2. The number of ether oxygens (including phenoxy) is 1. The molecule has 0 aliphatic heterocycles. The predicted molar refractivity (Wildman–Crippen MR) is 96.7 cm³/mol. The zero-order valence-corrected chi connectivity index (χ0v) is 14.2. The molecule has 8 heteroatoms. The summed E-state index contributed by atoms with van der Waals surface area (Å²) in [6.07, 6.45) is 0. The summed E-state index contributed by atoms with van der Waals surface area (Å²) >= 11 is 5.76. The first-order chi connectivity index (χ1) is 12.5. The average molecular weight is 370 g/mol. The van der Waals surface area contributed by atoms with E-state index in [1.54, 1.807) is 30.3 Å². The Morgan fingerprint density at radius 3 is 2.69 bits per heavy atom. The van der Waals surface area contributed by atoms with E-state index >= 15 is 0 Å². The van der Waals surface area contributed by atoms with Crippen LogP contribution in [0.3, 0.4) is 0 Å². The van der Waals surface area contributed by atoms with Crippen molar-refractivity contribution in [2.45, 2.75) is 6.61 Å². The second kappa shape index (κ2) is 7.25. The second-order valence-electron chi connectivity index (χ2n) is 5.37. The predicted octanol–water partition coefficient (Wildman–Crippen LogP) is 3.55. The van der Waals surface area contributed by atoms with E-state index in [1.165, 1.54) is 12.1 Å². The molecule has 2 aromatic carbocycles. The zero-order valence-electron chi connectivity index (χ0n) is 13.4. The number of nitrogens with two attached hydrogens (primary N) is 2. The third-order valence-electron chi connectivity index (χ3n) is 3.56. The fraction of sp³-hybridized carbons (Fsp3) is 0.0556. The minimum absolute atomic E-state index is 0.0160. The number of benzene rings is 2. The van der Waals surface area contributed by atoms with Gasteiger partial charge >= 0.3 is 0 Å². The van der Waals surface area contributed by atoms with Crippen molar-refractivity contribution in [1.29, 1.82) is 5.26 Å². The van der Waals surface area contributed by atoms with Gasteiger partial charge in [-0.15, -0.1) is 0 Å². The molecule has 0 unspecified atom stereocenters. The second-order valence-corrected chi connectivity index (χ2v) is 5.77. The highest BCUT2D eigenvalue weighted by Gasteiger charge is 2.13. The first-order valence-electron chi connectivity index (χ1n) is 7.48. The standard InChI is InChI=1S/C18H13ClFN5O/c19-14-6-10(4-5-15(14)20)9-26-12-3-1-2-11(7-12)16-13(8-21)17(22)25-18(23)24-16/h1-7H,9H2,(H4,22,23,24,25). The molecule has 0 bridgehead atoms. The van der Waals surface area contributed by atoms with Crippen molar-refractivity contribution in [2.75, 3.05) is 11.5 Å². The number of nitrogen functional groups attached to an aromatic ring is 2. The largest absolute Gasteiger partial charge is 0.489 e. The molecule has 4 N–H and O–H groups in total. The number of hydrogen-bond acceptors (Lipinski definition) is 6. The van der Waals surface area contributed by atoms with Gasteiger partial charge in [0.1, 0.15) is 35.6 Å². The molecule has 0 saturated heterocycles. The quantitative estimate of drug-likeness (QED) is 0.727. The molecule has 130 valence electrons. The molecule has 0 aliphatic carbocycles. The van der Waals surface area contributed by atoms with Crippen molar-refractivity contribution in [1.82, 2.24) is 9.97 Å². The lowest BCUT2D eigenvalue weighted by Crippen LogP contribution is -2.05.